The average Bonchev–Trinajstić information content (AvgIpc) is 2.70. The number of carbonyl (C=O) groups excluding carboxylic acids is 1. The third-order valence-electron chi connectivity index (χ3n) is 4.58. The predicted molar refractivity (Wildman–Crippen MR) is 102 cm³/mol. The van der Waals surface area contributed by atoms with E-state index in [9.17, 15) is 27.9 Å². The van der Waals surface area contributed by atoms with Gasteiger partial charge in [-0.2, -0.15) is 13.2 Å². The zero-order valence-electron chi connectivity index (χ0n) is 15.8. The second-order valence-corrected chi connectivity index (χ2v) is 6.80. The maximum Gasteiger partial charge on any atom is 0.389 e. The van der Waals surface area contributed by atoms with Crippen LogP contribution < -0.4 is 0 Å². The molecule has 2 aromatic rings. The lowest BCUT2D eigenvalue weighted by Gasteiger charge is -2.24. The van der Waals surface area contributed by atoms with Gasteiger partial charge in [0, 0.05) is 12.0 Å². The molecule has 1 aliphatic heterocycles. The summed E-state index contributed by atoms with van der Waals surface area (Å²) in [4.78, 5) is 23.5. The van der Waals surface area contributed by atoms with Gasteiger partial charge in [0.1, 0.15) is 0 Å². The molecule has 0 aromatic heterocycles. The highest BCUT2D eigenvalue weighted by molar-refractivity contribution is 5.97. The molecule has 1 aliphatic rings. The molecular formula is C21H19F3N2O4. The van der Waals surface area contributed by atoms with Gasteiger partial charge in [-0.05, 0) is 29.7 Å². The molecule has 0 aliphatic carbocycles. The summed E-state index contributed by atoms with van der Waals surface area (Å²) in [5, 5.41) is 14.8. The van der Waals surface area contributed by atoms with Gasteiger partial charge in [-0.25, -0.2) is 5.01 Å². The first-order valence-electron chi connectivity index (χ1n) is 9.18. The number of halogens is 3. The third kappa shape index (κ3) is 5.59. The van der Waals surface area contributed by atoms with E-state index in [2.05, 4.69) is 5.10 Å². The summed E-state index contributed by atoms with van der Waals surface area (Å²) >= 11 is 0. The van der Waals surface area contributed by atoms with E-state index < -0.39 is 30.9 Å². The third-order valence-corrected chi connectivity index (χ3v) is 4.58. The molecule has 6 nitrogen and oxygen atoms in total. The van der Waals surface area contributed by atoms with Gasteiger partial charge in [0.05, 0.1) is 12.5 Å². The molecule has 9 heteroatoms. The van der Waals surface area contributed by atoms with Gasteiger partial charge in [0.15, 0.2) is 6.61 Å². The van der Waals surface area contributed by atoms with Crippen molar-refractivity contribution in [3.63, 3.8) is 0 Å². The van der Waals surface area contributed by atoms with Crippen LogP contribution in [0.4, 0.5) is 13.2 Å². The Kier molecular flexibility index (Phi) is 6.39. The van der Waals surface area contributed by atoms with Crippen LogP contribution in [0.5, 0.6) is 0 Å². The zero-order valence-corrected chi connectivity index (χ0v) is 15.8. The van der Waals surface area contributed by atoms with Gasteiger partial charge in [-0.15, -0.1) is 5.10 Å². The highest BCUT2D eigenvalue weighted by Crippen LogP contribution is 2.29. The van der Waals surface area contributed by atoms with Crippen LogP contribution in [-0.4, -0.2) is 40.7 Å². The van der Waals surface area contributed by atoms with Crippen LogP contribution in [0.2, 0.25) is 0 Å². The van der Waals surface area contributed by atoms with Crippen LogP contribution in [0.1, 0.15) is 35.4 Å². The second-order valence-electron chi connectivity index (χ2n) is 6.80. The van der Waals surface area contributed by atoms with E-state index in [0.717, 1.165) is 5.56 Å². The summed E-state index contributed by atoms with van der Waals surface area (Å²) in [7, 11) is 0. The lowest BCUT2D eigenvalue weighted by atomic mass is 9.93. The van der Waals surface area contributed by atoms with Crippen LogP contribution in [0.25, 0.3) is 0 Å². The Hall–Kier alpha value is -3.36. The number of alkyl halides is 3. The van der Waals surface area contributed by atoms with Crippen LogP contribution in [0.3, 0.4) is 0 Å². The van der Waals surface area contributed by atoms with Gasteiger partial charge in [0.25, 0.3) is 5.91 Å². The second kappa shape index (κ2) is 8.98. The number of benzene rings is 2. The molecule has 30 heavy (non-hydrogen) atoms. The summed E-state index contributed by atoms with van der Waals surface area (Å²) in [6, 6.07) is 15.2. The summed E-state index contributed by atoms with van der Waals surface area (Å²) in [6.45, 7) is -0.0383. The molecule has 0 saturated heterocycles. The van der Waals surface area contributed by atoms with Gasteiger partial charge in [-0.1, -0.05) is 42.5 Å². The van der Waals surface area contributed by atoms with Crippen molar-refractivity contribution in [1.82, 2.24) is 5.01 Å². The number of hydrogen-bond acceptors (Lipinski definition) is 4. The maximum atomic E-state index is 12.5. The molecule has 0 spiro atoms. The molecule has 0 radical (unpaired) electrons. The fourth-order valence-electron chi connectivity index (χ4n) is 3.01. The number of aliphatic carboxylic acids is 1. The molecule has 1 amide bonds. The van der Waals surface area contributed by atoms with Crippen molar-refractivity contribution in [2.45, 2.75) is 31.5 Å². The van der Waals surface area contributed by atoms with Crippen LogP contribution in [0.15, 0.2) is 59.7 Å². The molecule has 0 fully saturated rings. The molecule has 1 heterocycles. The number of ether oxygens (including phenoxy) is 1. The number of carbonyl (C=O) groups is 2. The SMILES string of the molecule is O=C(O)C(CCC(F)(F)F)c1ccc(CN2N=C(c3ccccc3)OCC2=O)cc1. The molecule has 1 N–H and O–H groups in total. The number of hydrazone groups is 1. The van der Waals surface area contributed by atoms with E-state index in [-0.39, 0.29) is 24.6 Å². The minimum absolute atomic E-state index is 0.124. The average molecular weight is 420 g/mol. The fraction of sp³-hybridized carbons (Fsp3) is 0.286. The van der Waals surface area contributed by atoms with Crippen molar-refractivity contribution < 1.29 is 32.6 Å². The summed E-state index contributed by atoms with van der Waals surface area (Å²) in [6.07, 6.45) is -6.13. The van der Waals surface area contributed by atoms with Crippen molar-refractivity contribution in [3.8, 4) is 0 Å². The van der Waals surface area contributed by atoms with Crippen LogP contribution >= 0.6 is 0 Å². The first kappa shape index (κ1) is 21.4. The number of hydrogen-bond donors (Lipinski definition) is 1. The maximum absolute atomic E-state index is 12.5. The number of rotatable bonds is 7. The van der Waals surface area contributed by atoms with E-state index in [0.29, 0.717) is 11.5 Å². The number of amides is 1. The molecule has 1 unspecified atom stereocenters. The van der Waals surface area contributed by atoms with E-state index >= 15 is 0 Å². The quantitative estimate of drug-likeness (QED) is 0.737. The van der Waals surface area contributed by atoms with Gasteiger partial charge in [-0.3, -0.25) is 9.59 Å². The standard InChI is InChI=1S/C21H19F3N2O4/c22-21(23,24)11-10-17(20(28)29)15-8-6-14(7-9-15)12-26-18(27)13-30-19(25-26)16-4-2-1-3-5-16/h1-9,17H,10-13H2,(H,28,29). The Morgan fingerprint density at radius 1 is 1.13 bits per heavy atom. The number of carboxylic acids is 1. The number of nitrogens with zero attached hydrogens (tertiary/aromatic N) is 2. The van der Waals surface area contributed by atoms with Gasteiger partial charge >= 0.3 is 12.1 Å². The first-order valence-corrected chi connectivity index (χ1v) is 9.18. The van der Waals surface area contributed by atoms with Crippen molar-refractivity contribution in [2.24, 2.45) is 5.10 Å². The Labute approximate surface area is 170 Å². The van der Waals surface area contributed by atoms with Crippen molar-refractivity contribution >= 4 is 17.8 Å². The Bertz CT molecular complexity index is 928. The van der Waals surface area contributed by atoms with Crippen LogP contribution in [0, 0.1) is 0 Å². The van der Waals surface area contributed by atoms with Crippen molar-refractivity contribution in [1.29, 1.82) is 0 Å². The Morgan fingerprint density at radius 2 is 1.80 bits per heavy atom. The Morgan fingerprint density at radius 3 is 2.40 bits per heavy atom. The molecular weight excluding hydrogens is 401 g/mol. The molecule has 3 rings (SSSR count). The van der Waals surface area contributed by atoms with Crippen LogP contribution in [-0.2, 0) is 20.9 Å². The molecule has 1 atom stereocenters. The molecule has 0 saturated carbocycles. The smallest absolute Gasteiger partial charge is 0.389 e. The number of carboxylic acid groups (broad SMARTS) is 1. The molecule has 2 aromatic carbocycles. The zero-order chi connectivity index (χ0) is 21.7. The molecule has 158 valence electrons. The van der Waals surface area contributed by atoms with Gasteiger partial charge < -0.3 is 9.84 Å². The summed E-state index contributed by atoms with van der Waals surface area (Å²) in [5.41, 5.74) is 1.65. The monoisotopic (exact) mass is 420 g/mol. The van der Waals surface area contributed by atoms with Crippen molar-refractivity contribution in [2.75, 3.05) is 6.61 Å². The molecule has 0 bridgehead atoms. The van der Waals surface area contributed by atoms with Gasteiger partial charge in [0.2, 0.25) is 5.90 Å². The normalized spacial score (nSPS) is 15.4. The summed E-state index contributed by atoms with van der Waals surface area (Å²) < 4.78 is 42.8. The highest BCUT2D eigenvalue weighted by atomic mass is 19.4. The van der Waals surface area contributed by atoms with E-state index in [4.69, 9.17) is 4.74 Å². The lowest BCUT2D eigenvalue weighted by molar-refractivity contribution is -0.145. The Balaban J connectivity index is 1.72. The van der Waals surface area contributed by atoms with Crippen molar-refractivity contribution in [3.05, 3.63) is 71.3 Å². The minimum Gasteiger partial charge on any atom is -0.481 e. The fourth-order valence-corrected chi connectivity index (χ4v) is 3.01. The largest absolute Gasteiger partial charge is 0.481 e. The minimum atomic E-state index is -4.42. The first-order chi connectivity index (χ1) is 14.2. The van der Waals surface area contributed by atoms with E-state index in [1.54, 1.807) is 24.3 Å². The highest BCUT2D eigenvalue weighted by Gasteiger charge is 2.31. The van der Waals surface area contributed by atoms with E-state index in [1.165, 1.54) is 17.1 Å². The lowest BCUT2D eigenvalue weighted by Crippen LogP contribution is -2.36. The topological polar surface area (TPSA) is 79.2 Å². The summed E-state index contributed by atoms with van der Waals surface area (Å²) in [5.74, 6) is -2.60. The predicted octanol–water partition coefficient (Wildman–Crippen LogP) is 3.92. The van der Waals surface area contributed by atoms with E-state index in [1.807, 2.05) is 18.2 Å².